The van der Waals surface area contributed by atoms with Crippen molar-refractivity contribution in [2.24, 2.45) is 0 Å². The molecule has 1 unspecified atom stereocenters. The van der Waals surface area contributed by atoms with Crippen molar-refractivity contribution in [3.05, 3.63) is 0 Å². The summed E-state index contributed by atoms with van der Waals surface area (Å²) in [4.78, 5) is 38.0. The van der Waals surface area contributed by atoms with Crippen LogP contribution < -0.4 is 0 Å². The largest absolute Gasteiger partial charge is 0.462 e. The number of carbonyl (C=O) groups is 3. The Bertz CT molecular complexity index is 889. The Morgan fingerprint density at radius 1 is 0.267 bits per heavy atom. The molecule has 0 radical (unpaired) electrons. The van der Waals surface area contributed by atoms with E-state index in [0.29, 0.717) is 19.3 Å². The van der Waals surface area contributed by atoms with Gasteiger partial charge in [0.25, 0.3) is 0 Å². The fourth-order valence-corrected chi connectivity index (χ4v) is 8.27. The van der Waals surface area contributed by atoms with Gasteiger partial charge in [-0.15, -0.1) is 0 Å². The molecule has 0 aliphatic carbocycles. The molecule has 356 valence electrons. The second-order valence-electron chi connectivity index (χ2n) is 18.5. The molecule has 6 heteroatoms. The Labute approximate surface area is 374 Å². The van der Waals surface area contributed by atoms with Crippen LogP contribution in [0.5, 0.6) is 0 Å². The van der Waals surface area contributed by atoms with E-state index in [1.807, 2.05) is 0 Å². The zero-order chi connectivity index (χ0) is 43.7. The van der Waals surface area contributed by atoms with Crippen LogP contribution in [0.4, 0.5) is 0 Å². The number of ether oxygens (including phenoxy) is 3. The molecule has 0 rings (SSSR count). The number of unbranched alkanes of at least 4 members (excludes halogenated alkanes) is 39. The monoisotopic (exact) mass is 849 g/mol. The van der Waals surface area contributed by atoms with Crippen molar-refractivity contribution >= 4 is 17.9 Å². The highest BCUT2D eigenvalue weighted by Gasteiger charge is 2.19. The van der Waals surface area contributed by atoms with Crippen LogP contribution in [-0.2, 0) is 28.6 Å². The maximum atomic E-state index is 12.8. The molecule has 60 heavy (non-hydrogen) atoms. The van der Waals surface area contributed by atoms with Crippen molar-refractivity contribution in [3.8, 4) is 0 Å². The molecule has 0 aliphatic heterocycles. The molecule has 0 aromatic heterocycles. The predicted molar refractivity (Wildman–Crippen MR) is 257 cm³/mol. The first kappa shape index (κ1) is 58.4. The van der Waals surface area contributed by atoms with Crippen LogP contribution in [0.2, 0.25) is 0 Å². The molecule has 0 saturated heterocycles. The molecule has 0 bridgehead atoms. The quantitative estimate of drug-likeness (QED) is 0.0345. The van der Waals surface area contributed by atoms with Crippen molar-refractivity contribution in [2.45, 2.75) is 316 Å². The van der Waals surface area contributed by atoms with Crippen molar-refractivity contribution in [1.29, 1.82) is 0 Å². The minimum atomic E-state index is -0.759. The molecule has 0 saturated carbocycles. The highest BCUT2D eigenvalue weighted by molar-refractivity contribution is 5.71. The molecule has 1 atom stereocenters. The summed E-state index contributed by atoms with van der Waals surface area (Å²) in [5, 5.41) is 0. The first-order chi connectivity index (χ1) is 29.5. The van der Waals surface area contributed by atoms with Crippen molar-refractivity contribution in [3.63, 3.8) is 0 Å². The number of esters is 3. The van der Waals surface area contributed by atoms with E-state index in [2.05, 4.69) is 20.8 Å². The summed E-state index contributed by atoms with van der Waals surface area (Å²) in [6.07, 6.45) is 53.7. The summed E-state index contributed by atoms with van der Waals surface area (Å²) < 4.78 is 16.8. The lowest BCUT2D eigenvalue weighted by Gasteiger charge is -2.18. The predicted octanol–water partition coefficient (Wildman–Crippen LogP) is 17.6. The van der Waals surface area contributed by atoms with Crippen LogP contribution in [-0.4, -0.2) is 37.2 Å². The summed E-state index contributed by atoms with van der Waals surface area (Å²) in [5.41, 5.74) is 0. The summed E-state index contributed by atoms with van der Waals surface area (Å²) in [5.74, 6) is -0.837. The van der Waals surface area contributed by atoms with Crippen molar-refractivity contribution < 1.29 is 28.6 Å². The van der Waals surface area contributed by atoms with Gasteiger partial charge < -0.3 is 14.2 Å². The van der Waals surface area contributed by atoms with Crippen LogP contribution >= 0.6 is 0 Å². The van der Waals surface area contributed by atoms with Crippen LogP contribution in [0.3, 0.4) is 0 Å². The smallest absolute Gasteiger partial charge is 0.306 e. The van der Waals surface area contributed by atoms with Gasteiger partial charge in [0.15, 0.2) is 6.10 Å². The topological polar surface area (TPSA) is 78.9 Å². The first-order valence-corrected chi connectivity index (χ1v) is 27.0. The molecular formula is C54H104O6. The molecule has 0 aromatic rings. The Balaban J connectivity index is 4.29. The van der Waals surface area contributed by atoms with Gasteiger partial charge in [0.05, 0.1) is 0 Å². The van der Waals surface area contributed by atoms with Gasteiger partial charge in [-0.25, -0.2) is 0 Å². The van der Waals surface area contributed by atoms with E-state index in [4.69, 9.17) is 14.2 Å². The fraction of sp³-hybridized carbons (Fsp3) is 0.944. The van der Waals surface area contributed by atoms with Crippen molar-refractivity contribution in [2.75, 3.05) is 13.2 Å². The summed E-state index contributed by atoms with van der Waals surface area (Å²) >= 11 is 0. The van der Waals surface area contributed by atoms with E-state index in [0.717, 1.165) is 57.8 Å². The van der Waals surface area contributed by atoms with E-state index in [1.54, 1.807) is 0 Å². The van der Waals surface area contributed by atoms with Crippen LogP contribution in [0, 0.1) is 0 Å². The molecule has 0 aliphatic rings. The average molecular weight is 849 g/mol. The molecule has 0 spiro atoms. The summed E-state index contributed by atoms with van der Waals surface area (Å²) in [7, 11) is 0. The van der Waals surface area contributed by atoms with Crippen LogP contribution in [0.15, 0.2) is 0 Å². The molecule has 0 amide bonds. The lowest BCUT2D eigenvalue weighted by Crippen LogP contribution is -2.30. The number of rotatable bonds is 50. The Hall–Kier alpha value is -1.59. The zero-order valence-corrected chi connectivity index (χ0v) is 40.8. The van der Waals surface area contributed by atoms with Crippen LogP contribution in [0.1, 0.15) is 310 Å². The number of hydrogen-bond donors (Lipinski definition) is 0. The second-order valence-corrected chi connectivity index (χ2v) is 18.5. The van der Waals surface area contributed by atoms with Gasteiger partial charge in [-0.3, -0.25) is 14.4 Å². The van der Waals surface area contributed by atoms with E-state index < -0.39 is 6.10 Å². The van der Waals surface area contributed by atoms with Gasteiger partial charge in [0.1, 0.15) is 13.2 Å². The minimum absolute atomic E-state index is 0.0615. The van der Waals surface area contributed by atoms with Gasteiger partial charge in [0, 0.05) is 19.3 Å². The second kappa shape index (κ2) is 50.1. The highest BCUT2D eigenvalue weighted by Crippen LogP contribution is 2.17. The van der Waals surface area contributed by atoms with Gasteiger partial charge >= 0.3 is 17.9 Å². The minimum Gasteiger partial charge on any atom is -0.462 e. The zero-order valence-electron chi connectivity index (χ0n) is 40.8. The molecule has 0 heterocycles. The van der Waals surface area contributed by atoms with Gasteiger partial charge in [-0.2, -0.15) is 0 Å². The van der Waals surface area contributed by atoms with Crippen molar-refractivity contribution in [1.82, 2.24) is 0 Å². The van der Waals surface area contributed by atoms with E-state index in [9.17, 15) is 14.4 Å². The van der Waals surface area contributed by atoms with Gasteiger partial charge in [-0.05, 0) is 19.3 Å². The SMILES string of the molecule is CCCCCCCCCCCCCCCCCCC(=O)OCC(COC(=O)CCCCCCCCCCCCCC)OC(=O)CCCCCCCCCCCCCCCC. The van der Waals surface area contributed by atoms with E-state index in [-0.39, 0.29) is 31.1 Å². The summed E-state index contributed by atoms with van der Waals surface area (Å²) in [6.45, 7) is 6.69. The third-order valence-corrected chi connectivity index (χ3v) is 12.4. The molecular weight excluding hydrogens is 745 g/mol. The fourth-order valence-electron chi connectivity index (χ4n) is 8.27. The van der Waals surface area contributed by atoms with E-state index >= 15 is 0 Å². The third kappa shape index (κ3) is 47.5. The Morgan fingerprint density at radius 3 is 0.667 bits per heavy atom. The lowest BCUT2D eigenvalue weighted by molar-refractivity contribution is -0.167. The molecule has 0 fully saturated rings. The molecule has 0 aromatic carbocycles. The Kier molecular flexibility index (Phi) is 48.7. The average Bonchev–Trinajstić information content (AvgIpc) is 3.24. The molecule has 0 N–H and O–H groups in total. The lowest BCUT2D eigenvalue weighted by atomic mass is 10.0. The van der Waals surface area contributed by atoms with Crippen LogP contribution in [0.25, 0.3) is 0 Å². The van der Waals surface area contributed by atoms with E-state index in [1.165, 1.54) is 212 Å². The standard InChI is InChI=1S/C54H104O6/c1-4-7-10-13-16-19-22-25-27-28-30-32-35-38-41-44-47-53(56)59-50-51(49-58-52(55)46-43-40-37-34-31-24-21-18-15-12-9-6-3)60-54(57)48-45-42-39-36-33-29-26-23-20-17-14-11-8-5-2/h51H,4-50H2,1-3H3. The maximum absolute atomic E-state index is 12.8. The first-order valence-electron chi connectivity index (χ1n) is 27.0. The number of carbonyl (C=O) groups excluding carboxylic acids is 3. The molecule has 6 nitrogen and oxygen atoms in total. The highest BCUT2D eigenvalue weighted by atomic mass is 16.6. The third-order valence-electron chi connectivity index (χ3n) is 12.4. The summed E-state index contributed by atoms with van der Waals surface area (Å²) in [6, 6.07) is 0. The maximum Gasteiger partial charge on any atom is 0.306 e. The van der Waals surface area contributed by atoms with Gasteiger partial charge in [0.2, 0.25) is 0 Å². The Morgan fingerprint density at radius 2 is 0.450 bits per heavy atom. The normalized spacial score (nSPS) is 11.8. The number of hydrogen-bond acceptors (Lipinski definition) is 6. The van der Waals surface area contributed by atoms with Gasteiger partial charge in [-0.1, -0.05) is 271 Å².